The second kappa shape index (κ2) is 8.43. The zero-order valence-electron chi connectivity index (χ0n) is 11.3. The number of rotatable bonds is 8. The maximum Gasteiger partial charge on any atom is 0.326 e. The Morgan fingerprint density at radius 2 is 2.20 bits per heavy atom. The molecule has 0 bridgehead atoms. The van der Waals surface area contributed by atoms with E-state index >= 15 is 0 Å². The van der Waals surface area contributed by atoms with Crippen LogP contribution in [0.15, 0.2) is 24.3 Å². The summed E-state index contributed by atoms with van der Waals surface area (Å²) in [7, 11) is 0. The first-order chi connectivity index (χ1) is 9.52. The zero-order chi connectivity index (χ0) is 15.0. The number of nitrogens with one attached hydrogen (secondary N) is 1. The van der Waals surface area contributed by atoms with Crippen LogP contribution in [-0.4, -0.2) is 29.6 Å². The van der Waals surface area contributed by atoms with Gasteiger partial charge in [-0.25, -0.2) is 4.79 Å². The quantitative estimate of drug-likeness (QED) is 0.773. The molecule has 1 aromatic carbocycles. The molecule has 0 saturated heterocycles. The number of carbonyl (C=O) groups excluding carboxylic acids is 1. The number of carboxylic acid groups (broad SMARTS) is 1. The maximum atomic E-state index is 11.6. The Labute approximate surface area is 122 Å². The minimum absolute atomic E-state index is 0.0972. The first kappa shape index (κ1) is 16.3. The van der Waals surface area contributed by atoms with Crippen molar-refractivity contribution in [3.05, 3.63) is 29.3 Å². The number of aliphatic carboxylic acids is 1. The molecule has 1 atom stereocenters. The summed E-state index contributed by atoms with van der Waals surface area (Å²) in [5, 5.41) is 12.0. The topological polar surface area (TPSA) is 75.6 Å². The average molecular weight is 300 g/mol. The lowest BCUT2D eigenvalue weighted by atomic mass is 10.1. The molecule has 0 fully saturated rings. The largest absolute Gasteiger partial charge is 0.493 e. The van der Waals surface area contributed by atoms with Gasteiger partial charge < -0.3 is 15.2 Å². The summed E-state index contributed by atoms with van der Waals surface area (Å²) in [6.45, 7) is 2.04. The number of carboxylic acids is 1. The summed E-state index contributed by atoms with van der Waals surface area (Å²) in [6.07, 6.45) is 1.20. The summed E-state index contributed by atoms with van der Waals surface area (Å²) in [4.78, 5) is 22.5. The molecule has 110 valence electrons. The lowest BCUT2D eigenvalue weighted by molar-refractivity contribution is -0.142. The number of hydrogen-bond acceptors (Lipinski definition) is 3. The third-order valence-electron chi connectivity index (χ3n) is 2.60. The predicted octanol–water partition coefficient (Wildman–Crippen LogP) is 2.48. The van der Waals surface area contributed by atoms with Gasteiger partial charge in [0.25, 0.3) is 0 Å². The molecule has 0 heterocycles. The molecule has 0 aliphatic heterocycles. The number of halogens is 1. The maximum absolute atomic E-state index is 11.6. The monoisotopic (exact) mass is 299 g/mol. The van der Waals surface area contributed by atoms with E-state index in [0.29, 0.717) is 23.6 Å². The highest BCUT2D eigenvalue weighted by Crippen LogP contribution is 2.17. The molecule has 0 aromatic heterocycles. The van der Waals surface area contributed by atoms with Crippen molar-refractivity contribution in [1.29, 1.82) is 0 Å². The number of benzene rings is 1. The first-order valence-electron chi connectivity index (χ1n) is 6.43. The van der Waals surface area contributed by atoms with Crippen molar-refractivity contribution in [2.45, 2.75) is 32.2 Å². The van der Waals surface area contributed by atoms with Gasteiger partial charge in [0.2, 0.25) is 5.91 Å². The molecule has 0 spiro atoms. The summed E-state index contributed by atoms with van der Waals surface area (Å²) in [6, 6.07) is 6.03. The second-order valence-electron chi connectivity index (χ2n) is 4.30. The SMILES string of the molecule is CCCC(NC(=O)CCOc1cccc(Cl)c1)C(=O)O. The van der Waals surface area contributed by atoms with Gasteiger partial charge in [-0.05, 0) is 24.6 Å². The van der Waals surface area contributed by atoms with E-state index in [4.69, 9.17) is 21.4 Å². The second-order valence-corrected chi connectivity index (χ2v) is 4.74. The number of ether oxygens (including phenoxy) is 1. The lowest BCUT2D eigenvalue weighted by Crippen LogP contribution is -2.41. The summed E-state index contributed by atoms with van der Waals surface area (Å²) < 4.78 is 5.37. The molecule has 0 aliphatic rings. The van der Waals surface area contributed by atoms with E-state index in [0.717, 1.165) is 0 Å². The van der Waals surface area contributed by atoms with E-state index in [2.05, 4.69) is 5.32 Å². The van der Waals surface area contributed by atoms with Gasteiger partial charge in [0.1, 0.15) is 11.8 Å². The van der Waals surface area contributed by atoms with Crippen LogP contribution >= 0.6 is 11.6 Å². The fraction of sp³-hybridized carbons (Fsp3) is 0.429. The van der Waals surface area contributed by atoms with Crippen LogP contribution in [0.25, 0.3) is 0 Å². The van der Waals surface area contributed by atoms with Crippen molar-refractivity contribution in [3.8, 4) is 5.75 Å². The van der Waals surface area contributed by atoms with Crippen LogP contribution in [0, 0.1) is 0 Å². The van der Waals surface area contributed by atoms with Crippen LogP contribution in [0.1, 0.15) is 26.2 Å². The minimum atomic E-state index is -1.02. The molecule has 1 unspecified atom stereocenters. The van der Waals surface area contributed by atoms with Crippen LogP contribution < -0.4 is 10.1 Å². The Kier molecular flexibility index (Phi) is 6.87. The molecule has 1 rings (SSSR count). The standard InChI is InChI=1S/C14H18ClNO4/c1-2-4-12(14(18)19)16-13(17)7-8-20-11-6-3-5-10(15)9-11/h3,5-6,9,12H,2,4,7-8H2,1H3,(H,16,17)(H,18,19). The molecule has 2 N–H and O–H groups in total. The fourth-order valence-electron chi connectivity index (χ4n) is 1.63. The van der Waals surface area contributed by atoms with Crippen molar-refractivity contribution in [3.63, 3.8) is 0 Å². The van der Waals surface area contributed by atoms with Crippen molar-refractivity contribution in [2.24, 2.45) is 0 Å². The highest BCUT2D eigenvalue weighted by Gasteiger charge is 2.18. The van der Waals surface area contributed by atoms with E-state index < -0.39 is 12.0 Å². The molecule has 5 nitrogen and oxygen atoms in total. The molecular formula is C14H18ClNO4. The number of carbonyl (C=O) groups is 2. The van der Waals surface area contributed by atoms with Gasteiger partial charge in [0, 0.05) is 5.02 Å². The summed E-state index contributed by atoms with van der Waals surface area (Å²) >= 11 is 5.80. The normalized spacial score (nSPS) is 11.7. The van der Waals surface area contributed by atoms with E-state index in [-0.39, 0.29) is 18.9 Å². The minimum Gasteiger partial charge on any atom is -0.493 e. The molecule has 0 radical (unpaired) electrons. The van der Waals surface area contributed by atoms with Gasteiger partial charge in [0.05, 0.1) is 13.0 Å². The molecule has 0 saturated carbocycles. The smallest absolute Gasteiger partial charge is 0.326 e. The molecule has 20 heavy (non-hydrogen) atoms. The lowest BCUT2D eigenvalue weighted by Gasteiger charge is -2.13. The van der Waals surface area contributed by atoms with Crippen LogP contribution in [0.5, 0.6) is 5.75 Å². The van der Waals surface area contributed by atoms with Crippen molar-refractivity contribution >= 4 is 23.5 Å². The van der Waals surface area contributed by atoms with E-state index in [1.165, 1.54) is 0 Å². The summed E-state index contributed by atoms with van der Waals surface area (Å²) in [5.41, 5.74) is 0. The van der Waals surface area contributed by atoms with Gasteiger partial charge in [-0.1, -0.05) is 31.0 Å². The molecule has 1 amide bonds. The van der Waals surface area contributed by atoms with Crippen LogP contribution in [0.3, 0.4) is 0 Å². The van der Waals surface area contributed by atoms with E-state index in [1.54, 1.807) is 24.3 Å². The van der Waals surface area contributed by atoms with Gasteiger partial charge in [-0.3, -0.25) is 4.79 Å². The van der Waals surface area contributed by atoms with Gasteiger partial charge >= 0.3 is 5.97 Å². The number of hydrogen-bond donors (Lipinski definition) is 2. The van der Waals surface area contributed by atoms with Crippen LogP contribution in [0.2, 0.25) is 5.02 Å². The van der Waals surface area contributed by atoms with Crippen molar-refractivity contribution in [1.82, 2.24) is 5.32 Å². The highest BCUT2D eigenvalue weighted by molar-refractivity contribution is 6.30. The van der Waals surface area contributed by atoms with E-state index in [1.807, 2.05) is 6.92 Å². The van der Waals surface area contributed by atoms with Crippen LogP contribution in [-0.2, 0) is 9.59 Å². The Balaban J connectivity index is 2.34. The molecule has 0 aliphatic carbocycles. The third kappa shape index (κ3) is 5.93. The first-order valence-corrected chi connectivity index (χ1v) is 6.81. The van der Waals surface area contributed by atoms with E-state index in [9.17, 15) is 9.59 Å². The third-order valence-corrected chi connectivity index (χ3v) is 2.84. The Morgan fingerprint density at radius 3 is 2.80 bits per heavy atom. The van der Waals surface area contributed by atoms with Crippen molar-refractivity contribution < 1.29 is 19.4 Å². The fourth-order valence-corrected chi connectivity index (χ4v) is 1.81. The zero-order valence-corrected chi connectivity index (χ0v) is 12.0. The Morgan fingerprint density at radius 1 is 1.45 bits per heavy atom. The Hall–Kier alpha value is -1.75. The highest BCUT2D eigenvalue weighted by atomic mass is 35.5. The van der Waals surface area contributed by atoms with Gasteiger partial charge in [-0.2, -0.15) is 0 Å². The van der Waals surface area contributed by atoms with Gasteiger partial charge in [-0.15, -0.1) is 0 Å². The summed E-state index contributed by atoms with van der Waals surface area (Å²) in [5.74, 6) is -0.780. The van der Waals surface area contributed by atoms with Gasteiger partial charge in [0.15, 0.2) is 0 Å². The number of amides is 1. The van der Waals surface area contributed by atoms with Crippen LogP contribution in [0.4, 0.5) is 0 Å². The Bertz CT molecular complexity index is 464. The average Bonchev–Trinajstić information content (AvgIpc) is 2.38. The van der Waals surface area contributed by atoms with Crippen molar-refractivity contribution in [2.75, 3.05) is 6.61 Å². The molecular weight excluding hydrogens is 282 g/mol. The predicted molar refractivity (Wildman–Crippen MR) is 76.0 cm³/mol. The molecule has 6 heteroatoms. The molecule has 1 aromatic rings.